The Morgan fingerprint density at radius 3 is 2.52 bits per heavy atom. The highest BCUT2D eigenvalue weighted by atomic mass is 32.1. The number of anilines is 2. The number of nitrogens with one attached hydrogen (secondary N) is 1. The number of rotatable bonds is 6. The molecule has 0 aliphatic heterocycles. The third-order valence-electron chi connectivity index (χ3n) is 4.91. The normalized spacial score (nSPS) is 13.8. The fraction of sp³-hybridized carbons (Fsp3) is 0.238. The van der Waals surface area contributed by atoms with Crippen molar-refractivity contribution >= 4 is 32.4 Å². The molecule has 2 atom stereocenters. The summed E-state index contributed by atoms with van der Waals surface area (Å²) >= 11 is 1.67. The number of thiazole rings is 1. The lowest BCUT2D eigenvalue weighted by Gasteiger charge is -2.30. The number of benzene rings is 2. The first kappa shape index (κ1) is 17.7. The number of imidazole rings is 1. The summed E-state index contributed by atoms with van der Waals surface area (Å²) in [5.41, 5.74) is 3.32. The van der Waals surface area contributed by atoms with Gasteiger partial charge in [0, 0.05) is 24.1 Å². The summed E-state index contributed by atoms with van der Waals surface area (Å²) < 4.78 is 3.36. The molecule has 2 unspecified atom stereocenters. The quantitative estimate of drug-likeness (QED) is 0.525. The smallest absolute Gasteiger partial charge is 0.188 e. The predicted molar refractivity (Wildman–Crippen MR) is 113 cm³/mol. The lowest BCUT2D eigenvalue weighted by Crippen LogP contribution is -2.34. The number of aromatic nitrogens is 3. The summed E-state index contributed by atoms with van der Waals surface area (Å²) in [6, 6.07) is 17.3. The average Bonchev–Trinajstić information content (AvgIpc) is 3.32. The van der Waals surface area contributed by atoms with Crippen LogP contribution in [0, 0.1) is 0 Å². The topological polar surface area (TPSA) is 46.0 Å². The van der Waals surface area contributed by atoms with Crippen LogP contribution >= 0.6 is 11.3 Å². The second kappa shape index (κ2) is 7.50. The third-order valence-corrected chi connectivity index (χ3v) is 5.87. The molecule has 2 aromatic carbocycles. The highest BCUT2D eigenvalue weighted by Gasteiger charge is 2.22. The van der Waals surface area contributed by atoms with Gasteiger partial charge in [-0.3, -0.25) is 0 Å². The molecular weight excluding hydrogens is 354 g/mol. The molecule has 0 aliphatic carbocycles. The van der Waals surface area contributed by atoms with Gasteiger partial charge in [0.05, 0.1) is 22.6 Å². The molecule has 6 heteroatoms. The summed E-state index contributed by atoms with van der Waals surface area (Å²) in [5.74, 6) is 0. The molecule has 4 aromatic rings. The average molecular weight is 378 g/mol. The van der Waals surface area contributed by atoms with Gasteiger partial charge in [-0.2, -0.15) is 0 Å². The van der Waals surface area contributed by atoms with Crippen LogP contribution in [0.5, 0.6) is 0 Å². The maximum absolute atomic E-state index is 4.65. The van der Waals surface area contributed by atoms with Crippen LogP contribution in [-0.4, -0.2) is 39.6 Å². The molecule has 1 N–H and O–H groups in total. The fourth-order valence-electron chi connectivity index (χ4n) is 3.23. The number of fused-ring (bicyclic) bond motifs is 1. The first-order valence-electron chi connectivity index (χ1n) is 8.98. The summed E-state index contributed by atoms with van der Waals surface area (Å²) in [7, 11) is 4.22. The summed E-state index contributed by atoms with van der Waals surface area (Å²) in [4.78, 5) is 11.1. The number of hydrogen-bond donors (Lipinski definition) is 1. The standard InChI is InChI=1S/C21H23N5S/c1-15(25(2)3)20(26-13-12-22-14-26)16-8-10-17(11-9-16)23-21-24-18-6-4-5-7-19(18)27-21/h4-15,20H,1-3H3,(H,23,24). The van der Waals surface area contributed by atoms with Crippen LogP contribution in [0.25, 0.3) is 10.2 Å². The molecular formula is C21H23N5S. The van der Waals surface area contributed by atoms with E-state index in [1.165, 1.54) is 10.3 Å². The molecule has 0 amide bonds. The Morgan fingerprint density at radius 1 is 1.07 bits per heavy atom. The Kier molecular flexibility index (Phi) is 4.92. The minimum absolute atomic E-state index is 0.207. The summed E-state index contributed by atoms with van der Waals surface area (Å²) in [6.07, 6.45) is 5.74. The molecule has 0 saturated heterocycles. The third kappa shape index (κ3) is 3.72. The Balaban J connectivity index is 1.58. The number of hydrogen-bond acceptors (Lipinski definition) is 5. The molecule has 5 nitrogen and oxygen atoms in total. The van der Waals surface area contributed by atoms with Crippen molar-refractivity contribution in [1.29, 1.82) is 0 Å². The summed E-state index contributed by atoms with van der Waals surface area (Å²) in [5, 5.41) is 4.34. The number of para-hydroxylation sites is 1. The highest BCUT2D eigenvalue weighted by molar-refractivity contribution is 7.22. The van der Waals surface area contributed by atoms with Crippen molar-refractivity contribution < 1.29 is 0 Å². The zero-order valence-corrected chi connectivity index (χ0v) is 16.5. The predicted octanol–water partition coefficient (Wildman–Crippen LogP) is 4.78. The maximum Gasteiger partial charge on any atom is 0.188 e. The van der Waals surface area contributed by atoms with Crippen molar-refractivity contribution in [3.05, 3.63) is 72.8 Å². The first-order valence-corrected chi connectivity index (χ1v) is 9.80. The van der Waals surface area contributed by atoms with Crippen LogP contribution in [0.15, 0.2) is 67.3 Å². The summed E-state index contributed by atoms with van der Waals surface area (Å²) in [6.45, 7) is 2.23. The van der Waals surface area contributed by atoms with Gasteiger partial charge in [-0.15, -0.1) is 0 Å². The first-order chi connectivity index (χ1) is 13.1. The Hall–Kier alpha value is -2.70. The number of likely N-dealkylation sites (N-methyl/N-ethyl adjacent to an activating group) is 1. The van der Waals surface area contributed by atoms with Crippen molar-refractivity contribution in [1.82, 2.24) is 19.4 Å². The van der Waals surface area contributed by atoms with Crippen molar-refractivity contribution in [3.63, 3.8) is 0 Å². The van der Waals surface area contributed by atoms with E-state index in [4.69, 9.17) is 0 Å². The molecule has 2 heterocycles. The van der Waals surface area contributed by atoms with Crippen LogP contribution < -0.4 is 5.32 Å². The van der Waals surface area contributed by atoms with Gasteiger partial charge in [0.2, 0.25) is 0 Å². The van der Waals surface area contributed by atoms with E-state index < -0.39 is 0 Å². The van der Waals surface area contributed by atoms with E-state index in [0.717, 1.165) is 16.3 Å². The van der Waals surface area contributed by atoms with Gasteiger partial charge in [0.15, 0.2) is 5.13 Å². The van der Waals surface area contributed by atoms with E-state index in [0.29, 0.717) is 6.04 Å². The van der Waals surface area contributed by atoms with E-state index in [2.05, 4.69) is 76.1 Å². The fourth-order valence-corrected chi connectivity index (χ4v) is 4.11. The molecule has 0 spiro atoms. The Labute approximate surface area is 163 Å². The lowest BCUT2D eigenvalue weighted by molar-refractivity contribution is 0.252. The van der Waals surface area contributed by atoms with Gasteiger partial charge in [-0.25, -0.2) is 9.97 Å². The van der Waals surface area contributed by atoms with Gasteiger partial charge in [0.1, 0.15) is 0 Å². The van der Waals surface area contributed by atoms with E-state index in [1.54, 1.807) is 11.3 Å². The highest BCUT2D eigenvalue weighted by Crippen LogP contribution is 2.30. The largest absolute Gasteiger partial charge is 0.332 e. The van der Waals surface area contributed by atoms with Crippen LogP contribution in [0.2, 0.25) is 0 Å². The van der Waals surface area contributed by atoms with E-state index in [-0.39, 0.29) is 6.04 Å². The zero-order valence-electron chi connectivity index (χ0n) is 15.7. The van der Waals surface area contributed by atoms with Crippen LogP contribution in [0.4, 0.5) is 10.8 Å². The monoisotopic (exact) mass is 377 g/mol. The molecule has 2 aromatic heterocycles. The molecule has 27 heavy (non-hydrogen) atoms. The second-order valence-electron chi connectivity index (χ2n) is 6.89. The SMILES string of the molecule is CC(C(c1ccc(Nc2nc3ccccc3s2)cc1)n1ccnc1)N(C)C. The molecule has 0 fully saturated rings. The van der Waals surface area contributed by atoms with Crippen molar-refractivity contribution in [2.75, 3.05) is 19.4 Å². The second-order valence-corrected chi connectivity index (χ2v) is 7.92. The lowest BCUT2D eigenvalue weighted by atomic mass is 9.99. The van der Waals surface area contributed by atoms with Crippen LogP contribution in [-0.2, 0) is 0 Å². The number of nitrogens with zero attached hydrogens (tertiary/aromatic N) is 4. The van der Waals surface area contributed by atoms with Crippen LogP contribution in [0.1, 0.15) is 18.5 Å². The van der Waals surface area contributed by atoms with Gasteiger partial charge in [-0.1, -0.05) is 35.6 Å². The van der Waals surface area contributed by atoms with Crippen LogP contribution in [0.3, 0.4) is 0 Å². The van der Waals surface area contributed by atoms with Crippen molar-refractivity contribution in [2.24, 2.45) is 0 Å². The molecule has 4 rings (SSSR count). The van der Waals surface area contributed by atoms with E-state index in [9.17, 15) is 0 Å². The molecule has 138 valence electrons. The maximum atomic E-state index is 4.65. The minimum atomic E-state index is 0.207. The zero-order chi connectivity index (χ0) is 18.8. The molecule has 0 saturated carbocycles. The van der Waals surface area contributed by atoms with Crippen molar-refractivity contribution in [2.45, 2.75) is 19.0 Å². The van der Waals surface area contributed by atoms with Crippen molar-refractivity contribution in [3.8, 4) is 0 Å². The molecule has 0 aliphatic rings. The van der Waals surface area contributed by atoms with Gasteiger partial charge in [-0.05, 0) is 50.8 Å². The van der Waals surface area contributed by atoms with Gasteiger partial charge >= 0.3 is 0 Å². The Bertz CT molecular complexity index is 972. The Morgan fingerprint density at radius 2 is 1.85 bits per heavy atom. The van der Waals surface area contributed by atoms with E-state index in [1.807, 2.05) is 36.9 Å². The minimum Gasteiger partial charge on any atom is -0.332 e. The van der Waals surface area contributed by atoms with Gasteiger partial charge < -0.3 is 14.8 Å². The molecule has 0 bridgehead atoms. The van der Waals surface area contributed by atoms with Gasteiger partial charge in [0.25, 0.3) is 0 Å². The van der Waals surface area contributed by atoms with E-state index >= 15 is 0 Å². The molecule has 0 radical (unpaired) electrons.